The lowest BCUT2D eigenvalue weighted by molar-refractivity contribution is 0.0707. The Morgan fingerprint density at radius 1 is 1.23 bits per heavy atom. The average Bonchev–Trinajstić information content (AvgIpc) is 2.78. The minimum atomic E-state index is -1.02. The van der Waals surface area contributed by atoms with Crippen molar-refractivity contribution in [2.45, 2.75) is 26.4 Å². The Balaban J connectivity index is 2.36. The van der Waals surface area contributed by atoms with E-state index < -0.39 is 5.60 Å². The van der Waals surface area contributed by atoms with Crippen LogP contribution in [0.3, 0.4) is 0 Å². The first-order valence-electron chi connectivity index (χ1n) is 6.82. The Kier molecular flexibility index (Phi) is 3.75. The van der Waals surface area contributed by atoms with E-state index in [9.17, 15) is 5.11 Å². The predicted molar refractivity (Wildman–Crippen MR) is 91.1 cm³/mol. The van der Waals surface area contributed by atoms with Crippen LogP contribution in [0.2, 0.25) is 5.02 Å². The number of benzene rings is 1. The number of pyridine rings is 1. The lowest BCUT2D eigenvalue weighted by Crippen LogP contribution is -2.22. The highest BCUT2D eigenvalue weighted by atomic mass is 79.9. The van der Waals surface area contributed by atoms with E-state index in [1.54, 1.807) is 18.4 Å². The number of fused-ring (bicyclic) bond motifs is 1. The summed E-state index contributed by atoms with van der Waals surface area (Å²) in [6.45, 7) is 5.44. The highest BCUT2D eigenvalue weighted by molar-refractivity contribution is 9.10. The molecule has 114 valence electrons. The third-order valence-electron chi connectivity index (χ3n) is 3.50. The first-order chi connectivity index (χ1) is 10.3. The summed E-state index contributed by atoms with van der Waals surface area (Å²) in [5.74, 6) is 0. The molecule has 0 aliphatic carbocycles. The van der Waals surface area contributed by atoms with Crippen LogP contribution in [0.4, 0.5) is 0 Å². The smallest absolute Gasteiger partial charge is 0.218 e. The molecular weight excluding hydrogens is 366 g/mol. The van der Waals surface area contributed by atoms with Crippen LogP contribution in [0.25, 0.3) is 16.8 Å². The minimum absolute atomic E-state index is 0.485. The van der Waals surface area contributed by atoms with Gasteiger partial charge in [0.15, 0.2) is 5.65 Å². The molecule has 3 aromatic rings. The lowest BCUT2D eigenvalue weighted by Gasteiger charge is -2.22. The van der Waals surface area contributed by atoms with Crippen LogP contribution >= 0.6 is 27.5 Å². The van der Waals surface area contributed by atoms with Crippen LogP contribution in [0.5, 0.6) is 0 Å². The van der Waals surface area contributed by atoms with Gasteiger partial charge >= 0.3 is 0 Å². The van der Waals surface area contributed by atoms with Gasteiger partial charge in [-0.15, -0.1) is 5.10 Å². The summed E-state index contributed by atoms with van der Waals surface area (Å²) in [7, 11) is 0. The number of rotatable bonds is 2. The zero-order valence-electron chi connectivity index (χ0n) is 12.4. The molecule has 0 saturated heterocycles. The normalized spacial score (nSPS) is 12.1. The highest BCUT2D eigenvalue weighted by Crippen LogP contribution is 2.32. The van der Waals surface area contributed by atoms with E-state index in [2.05, 4.69) is 26.0 Å². The molecule has 0 unspecified atom stereocenters. The second-order valence-corrected chi connectivity index (χ2v) is 6.92. The fourth-order valence-electron chi connectivity index (χ4n) is 2.72. The first-order valence-corrected chi connectivity index (χ1v) is 7.99. The molecule has 0 atom stereocenters. The highest BCUT2D eigenvalue weighted by Gasteiger charge is 2.25. The van der Waals surface area contributed by atoms with Gasteiger partial charge in [0, 0.05) is 10.6 Å². The molecule has 1 N–H and O–H groups in total. The Labute approximate surface area is 141 Å². The SMILES string of the molecule is Cc1cc(-c2ccc(Cl)cc2)c2nc(Br)nn2c1C(C)(C)O. The van der Waals surface area contributed by atoms with Crippen LogP contribution in [-0.2, 0) is 5.60 Å². The second kappa shape index (κ2) is 5.33. The van der Waals surface area contributed by atoms with E-state index >= 15 is 0 Å². The number of aryl methyl sites for hydroxylation is 1. The van der Waals surface area contributed by atoms with Crippen molar-refractivity contribution in [1.29, 1.82) is 0 Å². The van der Waals surface area contributed by atoms with Crippen molar-refractivity contribution in [1.82, 2.24) is 14.6 Å². The standard InChI is InChI=1S/C16H15BrClN3O/c1-9-8-12(10-4-6-11(18)7-5-10)14-19-15(17)20-21(14)13(9)16(2,3)22/h4-8,22H,1-3H3. The number of halogens is 2. The molecule has 0 saturated carbocycles. The number of hydrogen-bond acceptors (Lipinski definition) is 3. The fourth-order valence-corrected chi connectivity index (χ4v) is 3.17. The van der Waals surface area contributed by atoms with Gasteiger partial charge < -0.3 is 5.11 Å². The van der Waals surface area contributed by atoms with Gasteiger partial charge in [-0.3, -0.25) is 0 Å². The maximum Gasteiger partial charge on any atom is 0.218 e. The molecular formula is C16H15BrClN3O. The van der Waals surface area contributed by atoms with Gasteiger partial charge in [0.1, 0.15) is 5.60 Å². The molecule has 2 aromatic heterocycles. The molecule has 1 aromatic carbocycles. The van der Waals surface area contributed by atoms with E-state index in [1.165, 1.54) is 0 Å². The van der Waals surface area contributed by atoms with E-state index in [4.69, 9.17) is 11.6 Å². The molecule has 0 amide bonds. The number of aromatic nitrogens is 3. The zero-order valence-corrected chi connectivity index (χ0v) is 14.8. The fraction of sp³-hybridized carbons (Fsp3) is 0.250. The zero-order chi connectivity index (χ0) is 16.1. The molecule has 22 heavy (non-hydrogen) atoms. The molecule has 0 bridgehead atoms. The number of aliphatic hydroxyl groups is 1. The van der Waals surface area contributed by atoms with Crippen LogP contribution < -0.4 is 0 Å². The van der Waals surface area contributed by atoms with E-state index in [-0.39, 0.29) is 0 Å². The number of hydrogen-bond donors (Lipinski definition) is 1. The van der Waals surface area contributed by atoms with Gasteiger partial charge in [-0.25, -0.2) is 9.50 Å². The van der Waals surface area contributed by atoms with Gasteiger partial charge in [-0.05, 0) is 66.0 Å². The van der Waals surface area contributed by atoms with Crippen molar-refractivity contribution in [3.8, 4) is 11.1 Å². The van der Waals surface area contributed by atoms with Crippen LogP contribution in [0.15, 0.2) is 35.1 Å². The molecule has 6 heteroatoms. The van der Waals surface area contributed by atoms with Gasteiger partial charge in [-0.1, -0.05) is 23.7 Å². The van der Waals surface area contributed by atoms with E-state index in [0.717, 1.165) is 22.4 Å². The molecule has 0 aliphatic rings. The number of nitrogens with zero attached hydrogens (tertiary/aromatic N) is 3. The summed E-state index contributed by atoms with van der Waals surface area (Å²) >= 11 is 9.29. The maximum absolute atomic E-state index is 10.5. The summed E-state index contributed by atoms with van der Waals surface area (Å²) in [6, 6.07) is 9.61. The average molecular weight is 381 g/mol. The minimum Gasteiger partial charge on any atom is -0.384 e. The topological polar surface area (TPSA) is 50.4 Å². The molecule has 3 rings (SSSR count). The summed E-state index contributed by atoms with van der Waals surface area (Å²) in [5.41, 5.74) is 3.28. The molecule has 0 fully saturated rings. The van der Waals surface area contributed by atoms with Gasteiger partial charge in [0.05, 0.1) is 5.69 Å². The van der Waals surface area contributed by atoms with Crippen molar-refractivity contribution in [3.63, 3.8) is 0 Å². The largest absolute Gasteiger partial charge is 0.384 e. The molecule has 2 heterocycles. The van der Waals surface area contributed by atoms with Crippen LogP contribution in [0, 0.1) is 6.92 Å². The quantitative estimate of drug-likeness (QED) is 0.719. The van der Waals surface area contributed by atoms with Crippen molar-refractivity contribution in [3.05, 3.63) is 51.3 Å². The molecule has 4 nitrogen and oxygen atoms in total. The van der Waals surface area contributed by atoms with Crippen LogP contribution in [0.1, 0.15) is 25.1 Å². The van der Waals surface area contributed by atoms with E-state index in [0.29, 0.717) is 15.4 Å². The van der Waals surface area contributed by atoms with Crippen molar-refractivity contribution < 1.29 is 5.11 Å². The maximum atomic E-state index is 10.5. The summed E-state index contributed by atoms with van der Waals surface area (Å²) in [6.07, 6.45) is 0. The Morgan fingerprint density at radius 2 is 1.86 bits per heavy atom. The van der Waals surface area contributed by atoms with E-state index in [1.807, 2.05) is 37.3 Å². The Hall–Kier alpha value is -1.43. The third-order valence-corrected chi connectivity index (χ3v) is 4.09. The first kappa shape index (κ1) is 15.5. The Morgan fingerprint density at radius 3 is 2.45 bits per heavy atom. The van der Waals surface area contributed by atoms with Gasteiger partial charge in [-0.2, -0.15) is 0 Å². The third kappa shape index (κ3) is 2.64. The predicted octanol–water partition coefficient (Wildman–Crippen LogP) is 4.35. The van der Waals surface area contributed by atoms with Gasteiger partial charge in [0.25, 0.3) is 0 Å². The summed E-state index contributed by atoms with van der Waals surface area (Å²) in [4.78, 5) is 4.45. The Bertz CT molecular complexity index is 850. The van der Waals surface area contributed by atoms with Crippen LogP contribution in [-0.4, -0.2) is 19.7 Å². The summed E-state index contributed by atoms with van der Waals surface area (Å²) < 4.78 is 2.18. The summed E-state index contributed by atoms with van der Waals surface area (Å²) in [5, 5.41) is 15.5. The van der Waals surface area contributed by atoms with Crippen molar-refractivity contribution in [2.24, 2.45) is 0 Å². The monoisotopic (exact) mass is 379 g/mol. The molecule has 0 radical (unpaired) electrons. The van der Waals surface area contributed by atoms with Crippen molar-refractivity contribution >= 4 is 33.2 Å². The van der Waals surface area contributed by atoms with Crippen molar-refractivity contribution in [2.75, 3.05) is 0 Å². The second-order valence-electron chi connectivity index (χ2n) is 5.77. The molecule has 0 spiro atoms. The lowest BCUT2D eigenvalue weighted by atomic mass is 9.96. The molecule has 0 aliphatic heterocycles. The van der Waals surface area contributed by atoms with Gasteiger partial charge in [0.2, 0.25) is 4.73 Å².